The fourth-order valence-electron chi connectivity index (χ4n) is 1.88. The maximum Gasteiger partial charge on any atom is 0.0507 e. The van der Waals surface area contributed by atoms with Crippen LogP contribution in [0.5, 0.6) is 0 Å². The minimum atomic E-state index is 0.233. The summed E-state index contributed by atoms with van der Waals surface area (Å²) in [4.78, 5) is 2.40. The van der Waals surface area contributed by atoms with Crippen molar-refractivity contribution >= 4 is 0 Å². The van der Waals surface area contributed by atoms with Gasteiger partial charge in [0.25, 0.3) is 0 Å². The van der Waals surface area contributed by atoms with Gasteiger partial charge in [0, 0.05) is 31.8 Å². The molecule has 1 N–H and O–H groups in total. The van der Waals surface area contributed by atoms with Gasteiger partial charge in [-0.3, -0.25) is 0 Å². The highest BCUT2D eigenvalue weighted by Crippen LogP contribution is 2.12. The van der Waals surface area contributed by atoms with Gasteiger partial charge < -0.3 is 15.0 Å². The molecule has 3 heteroatoms. The molecule has 1 atom stereocenters. The van der Waals surface area contributed by atoms with E-state index in [1.165, 1.54) is 13.0 Å². The zero-order chi connectivity index (χ0) is 11.3. The average Bonchev–Trinajstić information content (AvgIpc) is 2.54. The van der Waals surface area contributed by atoms with Crippen LogP contribution in [-0.2, 0) is 4.74 Å². The number of nitrogens with zero attached hydrogens (tertiary/aromatic N) is 1. The molecule has 0 amide bonds. The molecule has 15 heavy (non-hydrogen) atoms. The predicted octanol–water partition coefficient (Wildman–Crippen LogP) is 1.34. The van der Waals surface area contributed by atoms with Crippen LogP contribution in [-0.4, -0.2) is 50.3 Å². The Balaban J connectivity index is 2.05. The third-order valence-electron chi connectivity index (χ3n) is 2.74. The van der Waals surface area contributed by atoms with E-state index in [-0.39, 0.29) is 5.54 Å². The first-order chi connectivity index (χ1) is 6.97. The number of ether oxygens (including phenoxy) is 1. The van der Waals surface area contributed by atoms with Crippen LogP contribution in [0.3, 0.4) is 0 Å². The fourth-order valence-corrected chi connectivity index (χ4v) is 1.88. The van der Waals surface area contributed by atoms with E-state index >= 15 is 0 Å². The van der Waals surface area contributed by atoms with Crippen LogP contribution in [0.15, 0.2) is 0 Å². The van der Waals surface area contributed by atoms with E-state index in [1.54, 1.807) is 0 Å². The Hall–Kier alpha value is -0.120. The van der Waals surface area contributed by atoms with E-state index in [0.29, 0.717) is 0 Å². The normalized spacial score (nSPS) is 22.6. The van der Waals surface area contributed by atoms with Gasteiger partial charge in [0.05, 0.1) is 6.61 Å². The largest absolute Gasteiger partial charge is 0.381 e. The second-order valence-electron chi connectivity index (χ2n) is 5.67. The molecule has 0 aromatic heterocycles. The molecular formula is C12H26N2O. The van der Waals surface area contributed by atoms with E-state index < -0.39 is 0 Å². The second-order valence-corrected chi connectivity index (χ2v) is 5.67. The summed E-state index contributed by atoms with van der Waals surface area (Å²) < 4.78 is 5.37. The SMILES string of the molecule is CN(CCNC(C)(C)C)CC1CCOC1. The monoisotopic (exact) mass is 214 g/mol. The Morgan fingerprint density at radius 3 is 2.67 bits per heavy atom. The second kappa shape index (κ2) is 5.83. The van der Waals surface area contributed by atoms with Crippen molar-refractivity contribution in [2.24, 2.45) is 5.92 Å². The van der Waals surface area contributed by atoms with Crippen LogP contribution in [0.1, 0.15) is 27.2 Å². The molecule has 1 fully saturated rings. The summed E-state index contributed by atoms with van der Waals surface area (Å²) in [5.74, 6) is 0.754. The molecule has 0 aliphatic carbocycles. The molecule has 0 aromatic carbocycles. The van der Waals surface area contributed by atoms with Crippen molar-refractivity contribution in [1.29, 1.82) is 0 Å². The molecule has 0 aromatic rings. The quantitative estimate of drug-likeness (QED) is 0.747. The highest BCUT2D eigenvalue weighted by Gasteiger charge is 2.17. The molecule has 1 aliphatic heterocycles. The van der Waals surface area contributed by atoms with Gasteiger partial charge in [0.2, 0.25) is 0 Å². The van der Waals surface area contributed by atoms with Crippen molar-refractivity contribution in [3.8, 4) is 0 Å². The molecule has 1 saturated heterocycles. The molecule has 0 bridgehead atoms. The Labute approximate surface area is 94.2 Å². The number of likely N-dealkylation sites (N-methyl/N-ethyl adjacent to an activating group) is 1. The van der Waals surface area contributed by atoms with E-state index in [9.17, 15) is 0 Å². The standard InChI is InChI=1S/C12H26N2O/c1-12(2,3)13-6-7-14(4)9-11-5-8-15-10-11/h11,13H,5-10H2,1-4H3. The van der Waals surface area contributed by atoms with Gasteiger partial charge in [-0.15, -0.1) is 0 Å². The van der Waals surface area contributed by atoms with Gasteiger partial charge >= 0.3 is 0 Å². The maximum absolute atomic E-state index is 5.37. The van der Waals surface area contributed by atoms with E-state index in [1.807, 2.05) is 0 Å². The first-order valence-corrected chi connectivity index (χ1v) is 5.99. The number of hydrogen-bond donors (Lipinski definition) is 1. The summed E-state index contributed by atoms with van der Waals surface area (Å²) in [5, 5.41) is 3.50. The molecule has 0 saturated carbocycles. The van der Waals surface area contributed by atoms with Gasteiger partial charge in [-0.2, -0.15) is 0 Å². The first kappa shape index (κ1) is 12.9. The van der Waals surface area contributed by atoms with Gasteiger partial charge in [0.15, 0.2) is 0 Å². The molecule has 0 radical (unpaired) electrons. The maximum atomic E-state index is 5.37. The molecule has 1 heterocycles. The molecule has 1 rings (SSSR count). The third-order valence-corrected chi connectivity index (χ3v) is 2.74. The summed E-state index contributed by atoms with van der Waals surface area (Å²) in [6.45, 7) is 11.9. The minimum absolute atomic E-state index is 0.233. The van der Waals surface area contributed by atoms with Crippen molar-refractivity contribution in [2.75, 3.05) is 39.9 Å². The van der Waals surface area contributed by atoms with Gasteiger partial charge in [-0.25, -0.2) is 0 Å². The molecule has 1 unspecified atom stereocenters. The topological polar surface area (TPSA) is 24.5 Å². The van der Waals surface area contributed by atoms with Crippen molar-refractivity contribution in [1.82, 2.24) is 10.2 Å². The summed E-state index contributed by atoms with van der Waals surface area (Å²) in [7, 11) is 2.20. The van der Waals surface area contributed by atoms with Crippen LogP contribution in [0.2, 0.25) is 0 Å². The van der Waals surface area contributed by atoms with Crippen molar-refractivity contribution in [3.63, 3.8) is 0 Å². The minimum Gasteiger partial charge on any atom is -0.381 e. The van der Waals surface area contributed by atoms with Crippen LogP contribution in [0.4, 0.5) is 0 Å². The lowest BCUT2D eigenvalue weighted by atomic mass is 10.1. The summed E-state index contributed by atoms with van der Waals surface area (Å²) in [6, 6.07) is 0. The average molecular weight is 214 g/mol. The third kappa shape index (κ3) is 6.13. The lowest BCUT2D eigenvalue weighted by Gasteiger charge is -2.24. The zero-order valence-corrected chi connectivity index (χ0v) is 10.7. The summed E-state index contributed by atoms with van der Waals surface area (Å²) in [5.41, 5.74) is 0.233. The molecular weight excluding hydrogens is 188 g/mol. The first-order valence-electron chi connectivity index (χ1n) is 5.99. The van der Waals surface area contributed by atoms with Gasteiger partial charge in [-0.05, 0) is 40.2 Å². The molecule has 0 spiro atoms. The van der Waals surface area contributed by atoms with Crippen molar-refractivity contribution in [2.45, 2.75) is 32.7 Å². The summed E-state index contributed by atoms with van der Waals surface area (Å²) in [6.07, 6.45) is 1.23. The van der Waals surface area contributed by atoms with Crippen molar-refractivity contribution < 1.29 is 4.74 Å². The Bertz CT molecular complexity index is 171. The number of hydrogen-bond acceptors (Lipinski definition) is 3. The van der Waals surface area contributed by atoms with Gasteiger partial charge in [0.1, 0.15) is 0 Å². The highest BCUT2D eigenvalue weighted by molar-refractivity contribution is 4.72. The van der Waals surface area contributed by atoms with E-state index in [0.717, 1.165) is 32.2 Å². The van der Waals surface area contributed by atoms with Gasteiger partial charge in [-0.1, -0.05) is 0 Å². The van der Waals surface area contributed by atoms with E-state index in [4.69, 9.17) is 4.74 Å². The molecule has 1 aliphatic rings. The van der Waals surface area contributed by atoms with Crippen LogP contribution >= 0.6 is 0 Å². The number of nitrogens with one attached hydrogen (secondary N) is 1. The molecule has 3 nitrogen and oxygen atoms in total. The highest BCUT2D eigenvalue weighted by atomic mass is 16.5. The molecule has 90 valence electrons. The predicted molar refractivity (Wildman–Crippen MR) is 64.2 cm³/mol. The lowest BCUT2D eigenvalue weighted by Crippen LogP contribution is -2.41. The Morgan fingerprint density at radius 1 is 1.40 bits per heavy atom. The van der Waals surface area contributed by atoms with Crippen LogP contribution < -0.4 is 5.32 Å². The smallest absolute Gasteiger partial charge is 0.0507 e. The Kier molecular flexibility index (Phi) is 5.03. The van der Waals surface area contributed by atoms with Crippen LogP contribution in [0.25, 0.3) is 0 Å². The zero-order valence-electron chi connectivity index (χ0n) is 10.7. The summed E-state index contributed by atoms with van der Waals surface area (Å²) >= 11 is 0. The lowest BCUT2D eigenvalue weighted by molar-refractivity contribution is 0.173. The Morgan fingerprint density at radius 2 is 2.13 bits per heavy atom. The van der Waals surface area contributed by atoms with E-state index in [2.05, 4.69) is 38.0 Å². The van der Waals surface area contributed by atoms with Crippen LogP contribution in [0, 0.1) is 5.92 Å². The number of rotatable bonds is 5. The van der Waals surface area contributed by atoms with Crippen molar-refractivity contribution in [3.05, 3.63) is 0 Å². The fraction of sp³-hybridized carbons (Fsp3) is 1.00.